The lowest BCUT2D eigenvalue weighted by Gasteiger charge is -2.28. The highest BCUT2D eigenvalue weighted by atomic mass is 19.4. The van der Waals surface area contributed by atoms with Crippen molar-refractivity contribution in [2.45, 2.75) is 38.7 Å². The van der Waals surface area contributed by atoms with E-state index in [4.69, 9.17) is 4.74 Å². The van der Waals surface area contributed by atoms with Crippen molar-refractivity contribution in [3.05, 3.63) is 46.8 Å². The van der Waals surface area contributed by atoms with Gasteiger partial charge in [0.25, 0.3) is 5.91 Å². The first-order valence-corrected chi connectivity index (χ1v) is 9.40. The summed E-state index contributed by atoms with van der Waals surface area (Å²) in [5.74, 6) is 0.484. The summed E-state index contributed by atoms with van der Waals surface area (Å²) in [5.41, 5.74) is 2.79. The summed E-state index contributed by atoms with van der Waals surface area (Å²) in [4.78, 5) is 16.1. The van der Waals surface area contributed by atoms with Crippen LogP contribution in [0.5, 0.6) is 5.75 Å². The molecule has 6 nitrogen and oxygen atoms in total. The monoisotopic (exact) mass is 410 g/mol. The van der Waals surface area contributed by atoms with Crippen molar-refractivity contribution < 1.29 is 22.7 Å². The summed E-state index contributed by atoms with van der Waals surface area (Å²) in [6.07, 6.45) is -4.68. The predicted octanol–water partition coefficient (Wildman–Crippen LogP) is 3.10. The summed E-state index contributed by atoms with van der Waals surface area (Å²) in [6, 6.07) is 7.74. The molecule has 0 radical (unpaired) electrons. The molecule has 0 N–H and O–H groups in total. The van der Waals surface area contributed by atoms with Gasteiger partial charge in [-0.25, -0.2) is 0 Å². The zero-order valence-electron chi connectivity index (χ0n) is 16.8. The fraction of sp³-hybridized carbons (Fsp3) is 0.500. The fourth-order valence-electron chi connectivity index (χ4n) is 3.47. The number of carbonyl (C=O) groups is 1. The van der Waals surface area contributed by atoms with Gasteiger partial charge in [0.05, 0.1) is 13.5 Å². The number of rotatable bonds is 6. The largest absolute Gasteiger partial charge is 0.497 e. The van der Waals surface area contributed by atoms with Crippen LogP contribution in [0.15, 0.2) is 24.3 Å². The van der Waals surface area contributed by atoms with Crippen molar-refractivity contribution >= 4 is 5.91 Å². The second kappa shape index (κ2) is 8.44. The van der Waals surface area contributed by atoms with E-state index >= 15 is 0 Å². The van der Waals surface area contributed by atoms with E-state index in [2.05, 4.69) is 10.00 Å². The van der Waals surface area contributed by atoms with Crippen LogP contribution >= 0.6 is 0 Å². The van der Waals surface area contributed by atoms with Gasteiger partial charge < -0.3 is 9.64 Å². The van der Waals surface area contributed by atoms with Gasteiger partial charge in [-0.3, -0.25) is 14.4 Å². The van der Waals surface area contributed by atoms with E-state index in [-0.39, 0.29) is 18.1 Å². The Hall–Kier alpha value is -2.55. The number of benzene rings is 1. The molecular weight excluding hydrogens is 385 g/mol. The van der Waals surface area contributed by atoms with E-state index in [1.807, 2.05) is 24.3 Å². The number of ether oxygens (including phenoxy) is 1. The fourth-order valence-corrected chi connectivity index (χ4v) is 3.47. The molecule has 0 bridgehead atoms. The Morgan fingerprint density at radius 3 is 2.52 bits per heavy atom. The first kappa shape index (κ1) is 21.2. The number of carbonyl (C=O) groups excluding carboxylic acids is 1. The number of fused-ring (bicyclic) bond motifs is 1. The average molecular weight is 410 g/mol. The third-order valence-corrected chi connectivity index (χ3v) is 4.99. The van der Waals surface area contributed by atoms with Gasteiger partial charge in [-0.05, 0) is 17.7 Å². The number of aryl methyl sites for hydroxylation is 1. The highest BCUT2D eigenvalue weighted by Gasteiger charge is 2.31. The van der Waals surface area contributed by atoms with Gasteiger partial charge in [0, 0.05) is 58.0 Å². The van der Waals surface area contributed by atoms with Crippen LogP contribution in [0.1, 0.15) is 33.7 Å². The maximum absolute atomic E-state index is 12.7. The van der Waals surface area contributed by atoms with Crippen LogP contribution in [0.4, 0.5) is 13.2 Å². The molecular formula is C20H25F3N4O2. The quantitative estimate of drug-likeness (QED) is 0.735. The molecule has 9 heteroatoms. The van der Waals surface area contributed by atoms with Crippen LogP contribution in [-0.2, 0) is 26.1 Å². The minimum absolute atomic E-state index is 0.242. The molecule has 0 aliphatic carbocycles. The van der Waals surface area contributed by atoms with Crippen LogP contribution < -0.4 is 4.74 Å². The van der Waals surface area contributed by atoms with E-state index in [1.54, 1.807) is 21.2 Å². The normalized spacial score (nSPS) is 14.6. The van der Waals surface area contributed by atoms with E-state index in [0.29, 0.717) is 26.1 Å². The Morgan fingerprint density at radius 1 is 1.24 bits per heavy atom. The average Bonchev–Trinajstić information content (AvgIpc) is 3.03. The summed E-state index contributed by atoms with van der Waals surface area (Å²) in [7, 11) is 4.84. The van der Waals surface area contributed by atoms with Gasteiger partial charge >= 0.3 is 6.18 Å². The summed E-state index contributed by atoms with van der Waals surface area (Å²) in [5, 5.41) is 4.26. The molecule has 1 aromatic heterocycles. The topological polar surface area (TPSA) is 50.6 Å². The van der Waals surface area contributed by atoms with Gasteiger partial charge in [0.2, 0.25) is 0 Å². The molecule has 1 aliphatic heterocycles. The number of methoxy groups -OCH3 is 1. The van der Waals surface area contributed by atoms with E-state index in [0.717, 1.165) is 22.6 Å². The van der Waals surface area contributed by atoms with Gasteiger partial charge in [-0.2, -0.15) is 18.3 Å². The second-order valence-corrected chi connectivity index (χ2v) is 7.37. The van der Waals surface area contributed by atoms with Crippen molar-refractivity contribution in [1.29, 1.82) is 0 Å². The van der Waals surface area contributed by atoms with Crippen LogP contribution in [0.25, 0.3) is 0 Å². The maximum atomic E-state index is 12.7. The first-order valence-electron chi connectivity index (χ1n) is 9.40. The third kappa shape index (κ3) is 5.09. The highest BCUT2D eigenvalue weighted by molar-refractivity contribution is 5.93. The smallest absolute Gasteiger partial charge is 0.390 e. The van der Waals surface area contributed by atoms with Crippen molar-refractivity contribution in [2.24, 2.45) is 0 Å². The third-order valence-electron chi connectivity index (χ3n) is 4.99. The molecule has 0 spiro atoms. The molecule has 1 aromatic carbocycles. The Morgan fingerprint density at radius 2 is 1.93 bits per heavy atom. The number of amides is 1. The van der Waals surface area contributed by atoms with E-state index in [1.165, 1.54) is 9.58 Å². The second-order valence-electron chi connectivity index (χ2n) is 7.37. The van der Waals surface area contributed by atoms with Crippen molar-refractivity contribution in [3.63, 3.8) is 0 Å². The molecule has 29 heavy (non-hydrogen) atoms. The number of halogens is 3. The lowest BCUT2D eigenvalue weighted by molar-refractivity contribution is -0.137. The van der Waals surface area contributed by atoms with E-state index in [9.17, 15) is 18.0 Å². The molecule has 0 atom stereocenters. The summed E-state index contributed by atoms with van der Waals surface area (Å²) >= 11 is 0. The predicted molar refractivity (Wildman–Crippen MR) is 102 cm³/mol. The molecule has 0 fully saturated rings. The van der Waals surface area contributed by atoms with Crippen LogP contribution in [0.2, 0.25) is 0 Å². The Kier molecular flexibility index (Phi) is 6.16. The Labute approximate surface area is 167 Å². The molecule has 2 aromatic rings. The van der Waals surface area contributed by atoms with Gasteiger partial charge in [-0.1, -0.05) is 12.1 Å². The van der Waals surface area contributed by atoms with Gasteiger partial charge in [0.15, 0.2) is 5.69 Å². The molecule has 0 unspecified atom stereocenters. The standard InChI is InChI=1S/C20H25F3N4O2/c1-25(2)19(28)18-16-13-26(12-14-4-6-15(29-3)7-5-14)10-8-17(16)27(24-18)11-9-20(21,22)23/h4-7H,8-13H2,1-3H3. The van der Waals surface area contributed by atoms with Crippen molar-refractivity contribution in [3.8, 4) is 5.75 Å². The first-order chi connectivity index (χ1) is 13.7. The van der Waals surface area contributed by atoms with Gasteiger partial charge in [-0.15, -0.1) is 0 Å². The number of nitrogens with zero attached hydrogens (tertiary/aromatic N) is 4. The molecule has 0 saturated carbocycles. The molecule has 2 heterocycles. The van der Waals surface area contributed by atoms with E-state index < -0.39 is 12.6 Å². The Bertz CT molecular complexity index is 860. The van der Waals surface area contributed by atoms with Crippen LogP contribution in [-0.4, -0.2) is 59.4 Å². The zero-order chi connectivity index (χ0) is 21.2. The van der Waals surface area contributed by atoms with Crippen LogP contribution in [0, 0.1) is 0 Å². The Balaban J connectivity index is 1.82. The molecule has 158 valence electrons. The maximum Gasteiger partial charge on any atom is 0.390 e. The lowest BCUT2D eigenvalue weighted by Crippen LogP contribution is -2.32. The number of aromatic nitrogens is 2. The summed E-state index contributed by atoms with van der Waals surface area (Å²) in [6.45, 7) is 1.56. The molecule has 0 saturated heterocycles. The lowest BCUT2D eigenvalue weighted by atomic mass is 10.0. The summed E-state index contributed by atoms with van der Waals surface area (Å²) < 4.78 is 44.6. The molecule has 3 rings (SSSR count). The number of hydrogen-bond acceptors (Lipinski definition) is 4. The van der Waals surface area contributed by atoms with Crippen molar-refractivity contribution in [1.82, 2.24) is 19.6 Å². The SMILES string of the molecule is COc1ccc(CN2CCc3c(c(C(=O)N(C)C)nn3CCC(F)(F)F)C2)cc1. The van der Waals surface area contributed by atoms with Crippen LogP contribution in [0.3, 0.4) is 0 Å². The zero-order valence-corrected chi connectivity index (χ0v) is 16.8. The molecule has 1 aliphatic rings. The van der Waals surface area contributed by atoms with Gasteiger partial charge in [0.1, 0.15) is 5.75 Å². The molecule has 1 amide bonds. The minimum Gasteiger partial charge on any atom is -0.497 e. The minimum atomic E-state index is -4.26. The number of hydrogen-bond donors (Lipinski definition) is 0. The highest BCUT2D eigenvalue weighted by Crippen LogP contribution is 2.27. The number of alkyl halides is 3. The van der Waals surface area contributed by atoms with Crippen molar-refractivity contribution in [2.75, 3.05) is 27.7 Å².